The van der Waals surface area contributed by atoms with Gasteiger partial charge in [-0.3, -0.25) is 0 Å². The maximum absolute atomic E-state index is 13.2. The molecular formula is C8H10ClFN2. The molecule has 1 aromatic rings. The van der Waals surface area contributed by atoms with Crippen molar-refractivity contribution < 1.29 is 4.39 Å². The van der Waals surface area contributed by atoms with Crippen molar-refractivity contribution in [1.29, 1.82) is 0 Å². The lowest BCUT2D eigenvalue weighted by Gasteiger charge is -2.06. The zero-order chi connectivity index (χ0) is 9.30. The largest absolute Gasteiger partial charge is 0.235 e. The van der Waals surface area contributed by atoms with E-state index in [1.807, 2.05) is 13.8 Å². The fraction of sp³-hybridized carbons (Fsp3) is 0.500. The van der Waals surface area contributed by atoms with E-state index >= 15 is 0 Å². The molecule has 0 bridgehead atoms. The van der Waals surface area contributed by atoms with Crippen LogP contribution in [0.5, 0.6) is 0 Å². The summed E-state index contributed by atoms with van der Waals surface area (Å²) in [5.74, 6) is 0.0339. The maximum atomic E-state index is 13.2. The van der Waals surface area contributed by atoms with Crippen molar-refractivity contribution in [3.8, 4) is 0 Å². The molecule has 0 aliphatic carbocycles. The van der Waals surface area contributed by atoms with E-state index in [2.05, 4.69) is 9.97 Å². The van der Waals surface area contributed by atoms with Gasteiger partial charge in [-0.15, -0.1) is 0 Å². The predicted molar refractivity (Wildman–Crippen MR) is 45.8 cm³/mol. The molecule has 0 N–H and O–H groups in total. The first-order chi connectivity index (χ1) is 5.52. The highest BCUT2D eigenvalue weighted by molar-refractivity contribution is 6.29. The van der Waals surface area contributed by atoms with Crippen LogP contribution in [0.15, 0.2) is 0 Å². The fourth-order valence-electron chi connectivity index (χ4n) is 0.928. The summed E-state index contributed by atoms with van der Waals surface area (Å²) < 4.78 is 13.2. The van der Waals surface area contributed by atoms with E-state index in [0.29, 0.717) is 11.5 Å². The van der Waals surface area contributed by atoms with E-state index in [9.17, 15) is 4.39 Å². The van der Waals surface area contributed by atoms with E-state index in [1.54, 1.807) is 6.92 Å². The molecule has 1 aromatic heterocycles. The van der Waals surface area contributed by atoms with Crippen molar-refractivity contribution in [3.05, 3.63) is 22.5 Å². The van der Waals surface area contributed by atoms with Gasteiger partial charge in [0.2, 0.25) is 0 Å². The Hall–Kier alpha value is -0.700. The lowest BCUT2D eigenvalue weighted by Crippen LogP contribution is -2.02. The minimum atomic E-state index is -0.503. The summed E-state index contributed by atoms with van der Waals surface area (Å²) in [6.07, 6.45) is 0. The average Bonchev–Trinajstić information content (AvgIpc) is 1.96. The van der Waals surface area contributed by atoms with Crippen LogP contribution in [0, 0.1) is 12.7 Å². The average molecular weight is 189 g/mol. The van der Waals surface area contributed by atoms with Crippen LogP contribution in [0.2, 0.25) is 5.15 Å². The lowest BCUT2D eigenvalue weighted by atomic mass is 10.1. The normalized spacial score (nSPS) is 10.8. The molecule has 2 nitrogen and oxygen atoms in total. The molecule has 0 radical (unpaired) electrons. The van der Waals surface area contributed by atoms with Crippen LogP contribution in [-0.4, -0.2) is 9.97 Å². The summed E-state index contributed by atoms with van der Waals surface area (Å²) in [7, 11) is 0. The predicted octanol–water partition coefficient (Wildman–Crippen LogP) is 2.70. The van der Waals surface area contributed by atoms with Crippen molar-refractivity contribution in [2.45, 2.75) is 26.7 Å². The summed E-state index contributed by atoms with van der Waals surface area (Å²) in [6, 6.07) is 0. The van der Waals surface area contributed by atoms with E-state index in [-0.39, 0.29) is 11.1 Å². The van der Waals surface area contributed by atoms with Crippen LogP contribution in [0.3, 0.4) is 0 Å². The highest BCUT2D eigenvalue weighted by atomic mass is 35.5. The molecule has 4 heteroatoms. The van der Waals surface area contributed by atoms with Crippen molar-refractivity contribution in [2.24, 2.45) is 0 Å². The number of rotatable bonds is 1. The van der Waals surface area contributed by atoms with Gasteiger partial charge in [0, 0.05) is 0 Å². The van der Waals surface area contributed by atoms with Gasteiger partial charge in [-0.1, -0.05) is 25.4 Å². The molecule has 0 aromatic carbocycles. The highest BCUT2D eigenvalue weighted by Crippen LogP contribution is 2.20. The fourth-order valence-corrected chi connectivity index (χ4v) is 1.15. The van der Waals surface area contributed by atoms with Gasteiger partial charge < -0.3 is 0 Å². The summed E-state index contributed by atoms with van der Waals surface area (Å²) in [6.45, 7) is 5.42. The molecule has 0 aliphatic heterocycles. The van der Waals surface area contributed by atoms with Crippen LogP contribution in [0.25, 0.3) is 0 Å². The van der Waals surface area contributed by atoms with Crippen LogP contribution in [0.4, 0.5) is 4.39 Å². The first kappa shape index (κ1) is 9.39. The van der Waals surface area contributed by atoms with E-state index in [0.717, 1.165) is 0 Å². The Morgan fingerprint density at radius 3 is 2.42 bits per heavy atom. The number of halogens is 2. The Balaban J connectivity index is 3.28. The first-order valence-electron chi connectivity index (χ1n) is 3.72. The number of nitrogens with zero attached hydrogens (tertiary/aromatic N) is 2. The molecule has 0 aliphatic rings. The van der Waals surface area contributed by atoms with Crippen molar-refractivity contribution in [3.63, 3.8) is 0 Å². The molecule has 0 unspecified atom stereocenters. The maximum Gasteiger partial charge on any atom is 0.182 e. The van der Waals surface area contributed by atoms with E-state index in [1.165, 1.54) is 0 Å². The van der Waals surface area contributed by atoms with Crippen molar-refractivity contribution in [1.82, 2.24) is 9.97 Å². The molecule has 0 amide bonds. The molecular weight excluding hydrogens is 179 g/mol. The van der Waals surface area contributed by atoms with Crippen LogP contribution in [0.1, 0.15) is 31.3 Å². The molecule has 0 fully saturated rings. The second-order valence-electron chi connectivity index (χ2n) is 2.92. The van der Waals surface area contributed by atoms with Gasteiger partial charge in [0.15, 0.2) is 11.0 Å². The summed E-state index contributed by atoms with van der Waals surface area (Å²) in [5, 5.41) is -0.0915. The minimum Gasteiger partial charge on any atom is -0.235 e. The molecule has 0 atom stereocenters. The quantitative estimate of drug-likeness (QED) is 0.634. The Morgan fingerprint density at radius 2 is 1.92 bits per heavy atom. The van der Waals surface area contributed by atoms with Crippen molar-refractivity contribution >= 4 is 11.6 Å². The lowest BCUT2D eigenvalue weighted by molar-refractivity contribution is 0.573. The number of aromatic nitrogens is 2. The molecule has 66 valence electrons. The summed E-state index contributed by atoms with van der Waals surface area (Å²) in [5.41, 5.74) is 0.382. The highest BCUT2D eigenvalue weighted by Gasteiger charge is 2.13. The van der Waals surface area contributed by atoms with Crippen LogP contribution in [-0.2, 0) is 0 Å². The monoisotopic (exact) mass is 188 g/mol. The Labute approximate surface area is 75.8 Å². The van der Waals surface area contributed by atoms with Crippen LogP contribution >= 0.6 is 11.6 Å². The van der Waals surface area contributed by atoms with Gasteiger partial charge in [0.25, 0.3) is 0 Å². The van der Waals surface area contributed by atoms with Crippen LogP contribution < -0.4 is 0 Å². The number of hydrogen-bond acceptors (Lipinski definition) is 2. The standard InChI is InChI=1S/C8H10ClFN2/c1-4(2)7-6(10)8(9)12-5(3)11-7/h4H,1-3H3. The molecule has 1 heterocycles. The molecule has 12 heavy (non-hydrogen) atoms. The van der Waals surface area contributed by atoms with Crippen molar-refractivity contribution in [2.75, 3.05) is 0 Å². The van der Waals surface area contributed by atoms with Gasteiger partial charge in [-0.2, -0.15) is 0 Å². The third kappa shape index (κ3) is 1.72. The van der Waals surface area contributed by atoms with Gasteiger partial charge in [-0.25, -0.2) is 14.4 Å². The van der Waals surface area contributed by atoms with Gasteiger partial charge in [0.05, 0.1) is 5.69 Å². The minimum absolute atomic E-state index is 0.0317. The third-order valence-electron chi connectivity index (χ3n) is 1.50. The topological polar surface area (TPSA) is 25.8 Å². The number of hydrogen-bond donors (Lipinski definition) is 0. The third-order valence-corrected chi connectivity index (χ3v) is 1.75. The van der Waals surface area contributed by atoms with Gasteiger partial charge >= 0.3 is 0 Å². The zero-order valence-corrected chi connectivity index (χ0v) is 7.98. The van der Waals surface area contributed by atoms with Gasteiger partial charge in [-0.05, 0) is 12.8 Å². The summed E-state index contributed by atoms with van der Waals surface area (Å²) >= 11 is 5.54. The SMILES string of the molecule is Cc1nc(Cl)c(F)c(C(C)C)n1. The second-order valence-corrected chi connectivity index (χ2v) is 3.27. The Kier molecular flexibility index (Phi) is 2.62. The van der Waals surface area contributed by atoms with E-state index < -0.39 is 5.82 Å². The first-order valence-corrected chi connectivity index (χ1v) is 4.09. The Bertz CT molecular complexity index is 299. The zero-order valence-electron chi connectivity index (χ0n) is 7.23. The van der Waals surface area contributed by atoms with E-state index in [4.69, 9.17) is 11.6 Å². The Morgan fingerprint density at radius 1 is 1.33 bits per heavy atom. The van der Waals surface area contributed by atoms with Gasteiger partial charge in [0.1, 0.15) is 5.82 Å². The summed E-state index contributed by atoms with van der Waals surface area (Å²) in [4.78, 5) is 7.66. The molecule has 0 spiro atoms. The smallest absolute Gasteiger partial charge is 0.182 e. The molecule has 1 rings (SSSR count). The second kappa shape index (κ2) is 3.35. The molecule has 0 saturated carbocycles. The number of aryl methyl sites for hydroxylation is 1. The molecule has 0 saturated heterocycles.